The third kappa shape index (κ3) is 7.47. The Bertz CT molecular complexity index is 444. The van der Waals surface area contributed by atoms with Crippen LogP contribution in [0.15, 0.2) is 4.99 Å². The molecule has 2 saturated heterocycles. The van der Waals surface area contributed by atoms with Gasteiger partial charge in [-0.2, -0.15) is 0 Å². The van der Waals surface area contributed by atoms with Gasteiger partial charge in [0.05, 0.1) is 13.2 Å². The summed E-state index contributed by atoms with van der Waals surface area (Å²) in [6.07, 6.45) is 3.36. The van der Waals surface area contributed by atoms with Crippen molar-refractivity contribution in [3.8, 4) is 0 Å². The molecule has 2 fully saturated rings. The second kappa shape index (κ2) is 11.4. The van der Waals surface area contributed by atoms with Crippen LogP contribution in [0.5, 0.6) is 0 Å². The van der Waals surface area contributed by atoms with E-state index >= 15 is 0 Å². The minimum absolute atomic E-state index is 0.00792. The zero-order chi connectivity index (χ0) is 18.8. The normalized spacial score (nSPS) is 22.4. The molecule has 2 aliphatic heterocycles. The van der Waals surface area contributed by atoms with Crippen LogP contribution in [0.4, 0.5) is 0 Å². The van der Waals surface area contributed by atoms with Crippen LogP contribution in [0.3, 0.4) is 0 Å². The first-order valence-electron chi connectivity index (χ1n) is 9.62. The number of likely N-dealkylation sites (N-methyl/N-ethyl adjacent to an activating group) is 1. The number of nitrogens with zero attached hydrogens (tertiary/aromatic N) is 3. The molecule has 1 amide bonds. The highest BCUT2D eigenvalue weighted by atomic mass is 16.5. The zero-order valence-corrected chi connectivity index (χ0v) is 16.5. The van der Waals surface area contributed by atoms with Crippen molar-refractivity contribution in [1.82, 2.24) is 20.4 Å². The number of carbonyl (C=O) groups excluding carboxylic acids is 1. The fraction of sp³-hybridized carbons (Fsp3) is 0.889. The van der Waals surface area contributed by atoms with Crippen LogP contribution >= 0.6 is 0 Å². The number of guanidine groups is 1. The summed E-state index contributed by atoms with van der Waals surface area (Å²) in [6.45, 7) is 6.59. The largest absolute Gasteiger partial charge is 0.383 e. The highest BCUT2D eigenvalue weighted by molar-refractivity contribution is 5.84. The standard InChI is InChI=1S/C18H35N5O3/c1-22(2)17(24)12-20-18(19-7-11-25-3)21-16-4-8-23(9-5-16)13-15-6-10-26-14-15/h15-16H,4-14H2,1-3H3,(H2,19,20,21). The van der Waals surface area contributed by atoms with Gasteiger partial charge in [-0.05, 0) is 25.2 Å². The van der Waals surface area contributed by atoms with E-state index in [1.165, 1.54) is 6.42 Å². The van der Waals surface area contributed by atoms with Crippen molar-refractivity contribution in [1.29, 1.82) is 0 Å². The van der Waals surface area contributed by atoms with Gasteiger partial charge in [0.25, 0.3) is 0 Å². The molecule has 8 heteroatoms. The summed E-state index contributed by atoms with van der Waals surface area (Å²) < 4.78 is 10.6. The molecule has 26 heavy (non-hydrogen) atoms. The predicted octanol–water partition coefficient (Wildman–Crippen LogP) is -0.243. The van der Waals surface area contributed by atoms with Crippen LogP contribution in [0.1, 0.15) is 19.3 Å². The molecule has 0 spiro atoms. The van der Waals surface area contributed by atoms with Gasteiger partial charge >= 0.3 is 0 Å². The fourth-order valence-corrected chi connectivity index (χ4v) is 3.26. The number of aliphatic imine (C=N–C) groups is 1. The molecular formula is C18H35N5O3. The van der Waals surface area contributed by atoms with Gasteiger partial charge in [0.1, 0.15) is 6.54 Å². The Morgan fingerprint density at radius 3 is 2.69 bits per heavy atom. The molecule has 0 bridgehead atoms. The van der Waals surface area contributed by atoms with Crippen molar-refractivity contribution in [2.24, 2.45) is 10.9 Å². The van der Waals surface area contributed by atoms with E-state index in [2.05, 4.69) is 20.5 Å². The molecule has 0 aliphatic carbocycles. The summed E-state index contributed by atoms with van der Waals surface area (Å²) in [7, 11) is 5.16. The third-order valence-electron chi connectivity index (χ3n) is 4.94. The topological polar surface area (TPSA) is 78.4 Å². The molecule has 0 radical (unpaired) electrons. The molecule has 150 valence electrons. The first kappa shape index (κ1) is 20.9. The molecule has 0 aromatic rings. The minimum Gasteiger partial charge on any atom is -0.383 e. The summed E-state index contributed by atoms with van der Waals surface area (Å²) in [5.74, 6) is 1.38. The smallest absolute Gasteiger partial charge is 0.243 e. The van der Waals surface area contributed by atoms with Gasteiger partial charge < -0.3 is 29.9 Å². The van der Waals surface area contributed by atoms with E-state index in [0.717, 1.165) is 45.7 Å². The summed E-state index contributed by atoms with van der Waals surface area (Å²) in [5.41, 5.74) is 0. The summed E-state index contributed by atoms with van der Waals surface area (Å²) in [6, 6.07) is 0.384. The number of likely N-dealkylation sites (tertiary alicyclic amines) is 1. The lowest BCUT2D eigenvalue weighted by Crippen LogP contribution is -2.50. The highest BCUT2D eigenvalue weighted by Crippen LogP contribution is 2.17. The predicted molar refractivity (Wildman–Crippen MR) is 102 cm³/mol. The van der Waals surface area contributed by atoms with E-state index < -0.39 is 0 Å². The fourth-order valence-electron chi connectivity index (χ4n) is 3.26. The second-order valence-electron chi connectivity index (χ2n) is 7.32. The van der Waals surface area contributed by atoms with Crippen LogP contribution in [-0.2, 0) is 14.3 Å². The number of hydrogen-bond donors (Lipinski definition) is 2. The lowest BCUT2D eigenvalue weighted by Gasteiger charge is -2.34. The van der Waals surface area contributed by atoms with Gasteiger partial charge in [-0.1, -0.05) is 0 Å². The monoisotopic (exact) mass is 369 g/mol. The Balaban J connectivity index is 1.77. The van der Waals surface area contributed by atoms with E-state index in [9.17, 15) is 4.79 Å². The van der Waals surface area contributed by atoms with Crippen molar-refractivity contribution in [2.45, 2.75) is 25.3 Å². The van der Waals surface area contributed by atoms with E-state index in [4.69, 9.17) is 9.47 Å². The summed E-state index contributed by atoms with van der Waals surface area (Å²) in [4.78, 5) is 20.3. The van der Waals surface area contributed by atoms with E-state index in [0.29, 0.717) is 31.1 Å². The highest BCUT2D eigenvalue weighted by Gasteiger charge is 2.24. The SMILES string of the molecule is COCCNC(=NCC(=O)N(C)C)NC1CCN(CC2CCOC2)CC1. The van der Waals surface area contributed by atoms with Gasteiger partial charge in [0.2, 0.25) is 5.91 Å². The van der Waals surface area contributed by atoms with Gasteiger partial charge in [0.15, 0.2) is 5.96 Å². The number of ether oxygens (including phenoxy) is 2. The first-order valence-corrected chi connectivity index (χ1v) is 9.62. The number of hydrogen-bond acceptors (Lipinski definition) is 5. The first-order chi connectivity index (χ1) is 12.6. The summed E-state index contributed by atoms with van der Waals surface area (Å²) >= 11 is 0. The molecule has 0 saturated carbocycles. The molecule has 1 unspecified atom stereocenters. The maximum Gasteiger partial charge on any atom is 0.243 e. The minimum atomic E-state index is -0.00792. The number of piperidine rings is 1. The molecule has 2 rings (SSSR count). The van der Waals surface area contributed by atoms with Crippen LogP contribution in [0.2, 0.25) is 0 Å². The van der Waals surface area contributed by atoms with Crippen molar-refractivity contribution in [2.75, 3.05) is 73.7 Å². The Labute approximate surface area is 157 Å². The molecule has 2 aliphatic rings. The van der Waals surface area contributed by atoms with Gasteiger partial charge in [0, 0.05) is 60.0 Å². The zero-order valence-electron chi connectivity index (χ0n) is 16.5. The van der Waals surface area contributed by atoms with Crippen molar-refractivity contribution in [3.63, 3.8) is 0 Å². The maximum absolute atomic E-state index is 11.8. The Hall–Kier alpha value is -1.38. The third-order valence-corrected chi connectivity index (χ3v) is 4.94. The molecule has 2 heterocycles. The number of amides is 1. The molecule has 0 aromatic heterocycles. The van der Waals surface area contributed by atoms with Crippen molar-refractivity contribution < 1.29 is 14.3 Å². The molecule has 1 atom stereocenters. The average molecular weight is 370 g/mol. The van der Waals surface area contributed by atoms with E-state index in [1.54, 1.807) is 26.1 Å². The Kier molecular flexibility index (Phi) is 9.14. The van der Waals surface area contributed by atoms with Crippen molar-refractivity contribution in [3.05, 3.63) is 0 Å². The van der Waals surface area contributed by atoms with Crippen molar-refractivity contribution >= 4 is 11.9 Å². The quantitative estimate of drug-likeness (QED) is 0.349. The maximum atomic E-state index is 11.8. The molecule has 2 N–H and O–H groups in total. The van der Waals surface area contributed by atoms with E-state index in [-0.39, 0.29) is 12.5 Å². The molecular weight excluding hydrogens is 334 g/mol. The second-order valence-corrected chi connectivity index (χ2v) is 7.32. The van der Waals surface area contributed by atoms with Gasteiger partial charge in [-0.15, -0.1) is 0 Å². The van der Waals surface area contributed by atoms with Gasteiger partial charge in [-0.3, -0.25) is 4.79 Å². The number of rotatable bonds is 8. The molecule has 8 nitrogen and oxygen atoms in total. The lowest BCUT2D eigenvalue weighted by molar-refractivity contribution is -0.127. The van der Waals surface area contributed by atoms with Crippen LogP contribution in [0.25, 0.3) is 0 Å². The lowest BCUT2D eigenvalue weighted by atomic mass is 10.0. The summed E-state index contributed by atoms with van der Waals surface area (Å²) in [5, 5.41) is 6.73. The average Bonchev–Trinajstić information content (AvgIpc) is 3.14. The number of nitrogens with one attached hydrogen (secondary N) is 2. The van der Waals surface area contributed by atoms with Crippen LogP contribution in [0, 0.1) is 5.92 Å². The van der Waals surface area contributed by atoms with Crippen LogP contribution in [-0.4, -0.2) is 101 Å². The Morgan fingerprint density at radius 1 is 1.31 bits per heavy atom. The van der Waals surface area contributed by atoms with Gasteiger partial charge in [-0.25, -0.2) is 4.99 Å². The van der Waals surface area contributed by atoms with E-state index in [1.807, 2.05) is 0 Å². The number of carbonyl (C=O) groups is 1. The molecule has 0 aromatic carbocycles. The van der Waals surface area contributed by atoms with Crippen LogP contribution < -0.4 is 10.6 Å². The Morgan fingerprint density at radius 2 is 2.08 bits per heavy atom. The number of methoxy groups -OCH3 is 1.